The van der Waals surface area contributed by atoms with Crippen molar-refractivity contribution >= 4 is 6.01 Å². The molecule has 0 rings (SSSR count). The monoisotopic (exact) mass is 309 g/mol. The molecule has 0 aromatic rings. The molecule has 0 radical (unpaired) electrons. The van der Waals surface area contributed by atoms with Crippen LogP contribution in [0.15, 0.2) is 4.99 Å². The molecule has 130 valence electrons. The van der Waals surface area contributed by atoms with Crippen molar-refractivity contribution in [3.05, 3.63) is 0 Å². The summed E-state index contributed by atoms with van der Waals surface area (Å²) in [5, 5.41) is 7.16. The number of nitrogens with one attached hydrogen (secondary N) is 1. The predicted octanol–water partition coefficient (Wildman–Crippen LogP) is 5.62. The number of aliphatic imine (C=N–C) groups is 1. The maximum absolute atomic E-state index is 7.16. The zero-order valence-electron chi connectivity index (χ0n) is 15.5. The molecule has 0 aliphatic rings. The maximum Gasteiger partial charge on any atom is 0.0864 e. The van der Waals surface area contributed by atoms with Crippen LogP contribution in [0.3, 0.4) is 0 Å². The number of nitrogens with zero attached hydrogens (tertiary/aromatic N) is 2. The second-order valence-corrected chi connectivity index (χ2v) is 6.91. The average molecular weight is 310 g/mol. The lowest BCUT2D eigenvalue weighted by Crippen LogP contribution is -2.17. The summed E-state index contributed by atoms with van der Waals surface area (Å²) in [6.45, 7) is 5.68. The third-order valence-electron chi connectivity index (χ3n) is 4.54. The molecule has 0 fully saturated rings. The Balaban J connectivity index is 3.98. The summed E-state index contributed by atoms with van der Waals surface area (Å²) >= 11 is 0. The first-order chi connectivity index (χ1) is 10.6. The van der Waals surface area contributed by atoms with E-state index in [0.29, 0.717) is 6.04 Å². The highest BCUT2D eigenvalue weighted by Gasteiger charge is 2.14. The highest BCUT2D eigenvalue weighted by atomic mass is 15.0. The fourth-order valence-electron chi connectivity index (χ4n) is 3.06. The van der Waals surface area contributed by atoms with E-state index >= 15 is 0 Å². The summed E-state index contributed by atoms with van der Waals surface area (Å²) in [5.41, 5.74) is 0. The summed E-state index contributed by atoms with van der Waals surface area (Å²) in [5.74, 6) is 0.771. The largest absolute Gasteiger partial charge is 0.309 e. The van der Waals surface area contributed by atoms with Gasteiger partial charge in [-0.2, -0.15) is 0 Å². The Morgan fingerprint density at radius 3 is 2.23 bits per heavy atom. The summed E-state index contributed by atoms with van der Waals surface area (Å²) in [6, 6.07) is 2.60. The standard InChI is InChI=1S/C19H39N3/c1-5-7-8-9-10-11-13-18(6-2)16-19(21-17-20)14-12-15-22(3)4/h18-20H,5-16H2,1-4H3. The van der Waals surface area contributed by atoms with Crippen LogP contribution in [0.4, 0.5) is 0 Å². The fraction of sp³-hybridized carbons (Fsp3) is 0.947. The lowest BCUT2D eigenvalue weighted by molar-refractivity contribution is 0.345. The van der Waals surface area contributed by atoms with Crippen molar-refractivity contribution in [2.75, 3.05) is 20.6 Å². The number of rotatable bonds is 15. The molecule has 0 aromatic carbocycles. The van der Waals surface area contributed by atoms with Gasteiger partial charge in [-0.1, -0.05) is 65.2 Å². The van der Waals surface area contributed by atoms with Crippen LogP contribution in [-0.2, 0) is 0 Å². The summed E-state index contributed by atoms with van der Waals surface area (Å²) < 4.78 is 0. The number of unbranched alkanes of at least 4 members (excludes halogenated alkanes) is 5. The van der Waals surface area contributed by atoms with Crippen LogP contribution in [0, 0.1) is 11.3 Å². The molecule has 0 aliphatic heterocycles. The van der Waals surface area contributed by atoms with Crippen LogP contribution >= 0.6 is 0 Å². The van der Waals surface area contributed by atoms with Crippen LogP contribution in [-0.4, -0.2) is 37.6 Å². The highest BCUT2D eigenvalue weighted by Crippen LogP contribution is 2.23. The van der Waals surface area contributed by atoms with Gasteiger partial charge in [0.05, 0.1) is 12.1 Å². The van der Waals surface area contributed by atoms with Gasteiger partial charge in [-0.15, -0.1) is 0 Å². The summed E-state index contributed by atoms with van der Waals surface area (Å²) in [7, 11) is 4.23. The molecule has 2 unspecified atom stereocenters. The number of hydrogen-bond donors (Lipinski definition) is 1. The van der Waals surface area contributed by atoms with Crippen molar-refractivity contribution in [1.82, 2.24) is 4.90 Å². The number of hydrogen-bond acceptors (Lipinski definition) is 3. The minimum atomic E-state index is 0.308. The Labute approximate surface area is 139 Å². The first-order valence-corrected chi connectivity index (χ1v) is 9.40. The lowest BCUT2D eigenvalue weighted by atomic mass is 9.90. The van der Waals surface area contributed by atoms with Gasteiger partial charge in [-0.05, 0) is 45.8 Å². The molecule has 0 heterocycles. The molecule has 0 saturated heterocycles. The van der Waals surface area contributed by atoms with Crippen LogP contribution < -0.4 is 0 Å². The van der Waals surface area contributed by atoms with Gasteiger partial charge in [-0.25, -0.2) is 10.4 Å². The van der Waals surface area contributed by atoms with Crippen LogP contribution in [0.5, 0.6) is 0 Å². The Morgan fingerprint density at radius 2 is 1.64 bits per heavy atom. The minimum Gasteiger partial charge on any atom is -0.309 e. The van der Waals surface area contributed by atoms with E-state index in [1.807, 2.05) is 0 Å². The first kappa shape index (κ1) is 21.3. The van der Waals surface area contributed by atoms with Crippen LogP contribution in [0.1, 0.15) is 84.5 Å². The van der Waals surface area contributed by atoms with E-state index in [1.54, 1.807) is 0 Å². The van der Waals surface area contributed by atoms with Crippen molar-refractivity contribution < 1.29 is 0 Å². The molecule has 0 bridgehead atoms. The van der Waals surface area contributed by atoms with Gasteiger partial charge in [-0.3, -0.25) is 0 Å². The van der Waals surface area contributed by atoms with E-state index in [1.165, 1.54) is 51.4 Å². The Kier molecular flexibility index (Phi) is 14.8. The van der Waals surface area contributed by atoms with Gasteiger partial charge in [0.2, 0.25) is 0 Å². The third kappa shape index (κ3) is 13.0. The fourth-order valence-corrected chi connectivity index (χ4v) is 3.06. The Morgan fingerprint density at radius 1 is 0.955 bits per heavy atom. The van der Waals surface area contributed by atoms with Crippen molar-refractivity contribution in [3.63, 3.8) is 0 Å². The highest BCUT2D eigenvalue weighted by molar-refractivity contribution is 5.36. The van der Waals surface area contributed by atoms with Crippen molar-refractivity contribution in [2.45, 2.75) is 90.5 Å². The molecule has 0 saturated carbocycles. The predicted molar refractivity (Wildman–Crippen MR) is 98.1 cm³/mol. The third-order valence-corrected chi connectivity index (χ3v) is 4.54. The van der Waals surface area contributed by atoms with Gasteiger partial charge < -0.3 is 4.90 Å². The Bertz CT molecular complexity index is 282. The molecule has 0 spiro atoms. The van der Waals surface area contributed by atoms with E-state index in [9.17, 15) is 0 Å². The van der Waals surface area contributed by atoms with E-state index < -0.39 is 0 Å². The van der Waals surface area contributed by atoms with E-state index in [-0.39, 0.29) is 0 Å². The van der Waals surface area contributed by atoms with Crippen molar-refractivity contribution in [2.24, 2.45) is 10.9 Å². The molecule has 0 aromatic heterocycles. The van der Waals surface area contributed by atoms with Crippen LogP contribution in [0.25, 0.3) is 0 Å². The summed E-state index contributed by atoms with van der Waals surface area (Å²) in [4.78, 5) is 6.50. The topological polar surface area (TPSA) is 39.5 Å². The van der Waals surface area contributed by atoms with E-state index in [2.05, 4.69) is 43.8 Å². The average Bonchev–Trinajstić information content (AvgIpc) is 2.49. The molecule has 2 atom stereocenters. The van der Waals surface area contributed by atoms with Crippen LogP contribution in [0.2, 0.25) is 0 Å². The second kappa shape index (κ2) is 15.2. The molecular formula is C19H39N3. The molecular weight excluding hydrogens is 270 g/mol. The molecule has 3 nitrogen and oxygen atoms in total. The maximum atomic E-state index is 7.16. The quantitative estimate of drug-likeness (QED) is 0.309. The van der Waals surface area contributed by atoms with Crippen molar-refractivity contribution in [1.29, 1.82) is 5.41 Å². The SMILES string of the molecule is CCCCCCCCC(CC)CC(CCCN(C)C)N=C=N. The second-order valence-electron chi connectivity index (χ2n) is 6.91. The minimum absolute atomic E-state index is 0.308. The molecule has 22 heavy (non-hydrogen) atoms. The van der Waals surface area contributed by atoms with E-state index in [0.717, 1.165) is 31.7 Å². The zero-order chi connectivity index (χ0) is 16.6. The van der Waals surface area contributed by atoms with Gasteiger partial charge in [0.1, 0.15) is 0 Å². The van der Waals surface area contributed by atoms with Gasteiger partial charge in [0.15, 0.2) is 0 Å². The molecule has 0 amide bonds. The van der Waals surface area contributed by atoms with Gasteiger partial charge in [0, 0.05) is 0 Å². The molecule has 0 aliphatic carbocycles. The zero-order valence-corrected chi connectivity index (χ0v) is 15.5. The van der Waals surface area contributed by atoms with Gasteiger partial charge >= 0.3 is 0 Å². The molecule has 1 N–H and O–H groups in total. The first-order valence-electron chi connectivity index (χ1n) is 9.40. The smallest absolute Gasteiger partial charge is 0.0864 e. The molecule has 3 heteroatoms. The van der Waals surface area contributed by atoms with E-state index in [4.69, 9.17) is 5.41 Å². The van der Waals surface area contributed by atoms with Crippen molar-refractivity contribution in [3.8, 4) is 0 Å². The normalized spacial score (nSPS) is 13.9. The Hall–Kier alpha value is -0.660. The van der Waals surface area contributed by atoms with Gasteiger partial charge in [0.25, 0.3) is 0 Å². The summed E-state index contributed by atoms with van der Waals surface area (Å²) in [6.07, 6.45) is 14.2. The lowest BCUT2D eigenvalue weighted by Gasteiger charge is -2.20.